The first-order valence-electron chi connectivity index (χ1n) is 3.57. The van der Waals surface area contributed by atoms with E-state index in [1.807, 2.05) is 0 Å². The first-order valence-corrected chi connectivity index (χ1v) is 5.56. The maximum Gasteiger partial charge on any atom is 0.327 e. The van der Waals surface area contributed by atoms with Crippen molar-refractivity contribution in [1.82, 2.24) is 0 Å². The minimum Gasteiger partial charge on any atom is -0.309 e. The topological polar surface area (TPSA) is 35.5 Å². The van der Waals surface area contributed by atoms with Crippen molar-refractivity contribution in [3.05, 3.63) is 0 Å². The summed E-state index contributed by atoms with van der Waals surface area (Å²) in [7, 11) is -2.66. The monoisotopic (exact) mass is 164 g/mol. The van der Waals surface area contributed by atoms with E-state index >= 15 is 0 Å². The number of hydrogen-bond acceptors (Lipinski definition) is 3. The van der Waals surface area contributed by atoms with E-state index < -0.39 is 7.60 Å². The minimum atomic E-state index is -2.66. The van der Waals surface area contributed by atoms with Crippen LogP contribution in [-0.4, -0.2) is 19.9 Å². The smallest absolute Gasteiger partial charge is 0.309 e. The minimum absolute atomic E-state index is 0.577. The van der Waals surface area contributed by atoms with E-state index in [0.717, 1.165) is 19.3 Å². The second kappa shape index (κ2) is 3.51. The predicted molar refractivity (Wildman–Crippen MR) is 39.3 cm³/mol. The summed E-state index contributed by atoms with van der Waals surface area (Å²) < 4.78 is 21.2. The zero-order valence-corrected chi connectivity index (χ0v) is 7.10. The summed E-state index contributed by atoms with van der Waals surface area (Å²) in [5.41, 5.74) is 0. The zero-order valence-electron chi connectivity index (χ0n) is 6.21. The molecule has 3 nitrogen and oxygen atoms in total. The van der Waals surface area contributed by atoms with Gasteiger partial charge in [0.25, 0.3) is 0 Å². The molecule has 1 rings (SSSR count). The molecule has 0 aliphatic carbocycles. The molecule has 0 N–H and O–H groups in total. The van der Waals surface area contributed by atoms with Crippen molar-refractivity contribution in [2.24, 2.45) is 0 Å². The molecule has 0 spiro atoms. The van der Waals surface area contributed by atoms with Crippen LogP contribution in [0.4, 0.5) is 0 Å². The fourth-order valence-corrected chi connectivity index (χ4v) is 1.87. The van der Waals surface area contributed by atoms with Gasteiger partial charge in [-0.05, 0) is 19.3 Å². The largest absolute Gasteiger partial charge is 0.327 e. The molecule has 0 bridgehead atoms. The fourth-order valence-electron chi connectivity index (χ4n) is 0.879. The Hall–Kier alpha value is 0.150. The summed E-state index contributed by atoms with van der Waals surface area (Å²) in [5, 5.41) is 0. The molecule has 0 radical (unpaired) electrons. The second-order valence-electron chi connectivity index (χ2n) is 2.50. The van der Waals surface area contributed by atoms with Gasteiger partial charge in [-0.3, -0.25) is 4.57 Å². The van der Waals surface area contributed by atoms with Crippen molar-refractivity contribution >= 4 is 7.60 Å². The lowest BCUT2D eigenvalue weighted by molar-refractivity contribution is 0.183. The molecule has 1 aliphatic rings. The lowest BCUT2D eigenvalue weighted by Crippen LogP contribution is -2.02. The van der Waals surface area contributed by atoms with Crippen LogP contribution >= 0.6 is 7.60 Å². The highest BCUT2D eigenvalue weighted by Gasteiger charge is 2.17. The molecular formula is C6H13O3P. The van der Waals surface area contributed by atoms with Crippen LogP contribution in [-0.2, 0) is 13.6 Å². The normalized spacial score (nSPS) is 26.9. The molecule has 1 heterocycles. The van der Waals surface area contributed by atoms with E-state index in [0.29, 0.717) is 13.2 Å². The van der Waals surface area contributed by atoms with Crippen LogP contribution in [0.2, 0.25) is 0 Å². The Morgan fingerprint density at radius 1 is 1.10 bits per heavy atom. The predicted octanol–water partition coefficient (Wildman–Crippen LogP) is 2.03. The van der Waals surface area contributed by atoms with Gasteiger partial charge in [0.05, 0.1) is 13.2 Å². The van der Waals surface area contributed by atoms with Gasteiger partial charge in [0.1, 0.15) is 0 Å². The molecule has 0 aromatic rings. The molecule has 0 aromatic carbocycles. The van der Waals surface area contributed by atoms with E-state index in [1.54, 1.807) is 0 Å². The Kier molecular flexibility index (Phi) is 2.90. The average molecular weight is 164 g/mol. The van der Waals surface area contributed by atoms with Crippen molar-refractivity contribution in [2.45, 2.75) is 19.3 Å². The van der Waals surface area contributed by atoms with Crippen molar-refractivity contribution in [3.63, 3.8) is 0 Å². The third-order valence-corrected chi connectivity index (χ3v) is 2.74. The van der Waals surface area contributed by atoms with Gasteiger partial charge in [0.2, 0.25) is 0 Å². The summed E-state index contributed by atoms with van der Waals surface area (Å²) in [6, 6.07) is 0. The van der Waals surface area contributed by atoms with Gasteiger partial charge in [-0.2, -0.15) is 0 Å². The first kappa shape index (κ1) is 8.25. The third kappa shape index (κ3) is 2.82. The first-order chi connectivity index (χ1) is 4.71. The molecular weight excluding hydrogens is 151 g/mol. The van der Waals surface area contributed by atoms with Crippen LogP contribution in [0.1, 0.15) is 19.3 Å². The molecule has 0 aromatic heterocycles. The van der Waals surface area contributed by atoms with Gasteiger partial charge in [0.15, 0.2) is 0 Å². The van der Waals surface area contributed by atoms with E-state index in [2.05, 4.69) is 0 Å². The van der Waals surface area contributed by atoms with Crippen molar-refractivity contribution < 1.29 is 13.6 Å². The lowest BCUT2D eigenvalue weighted by Gasteiger charge is -2.16. The summed E-state index contributed by atoms with van der Waals surface area (Å²) in [4.78, 5) is 0. The maximum absolute atomic E-state index is 11.2. The van der Waals surface area contributed by atoms with E-state index in [9.17, 15) is 4.57 Å². The summed E-state index contributed by atoms with van der Waals surface area (Å²) in [6.45, 7) is 2.68. The van der Waals surface area contributed by atoms with Crippen LogP contribution in [0.25, 0.3) is 0 Å². The van der Waals surface area contributed by atoms with E-state index in [1.165, 1.54) is 6.66 Å². The van der Waals surface area contributed by atoms with Gasteiger partial charge in [-0.25, -0.2) is 0 Å². The number of rotatable bonds is 0. The molecule has 0 saturated carbocycles. The molecule has 0 atom stereocenters. The van der Waals surface area contributed by atoms with Crippen molar-refractivity contribution in [2.75, 3.05) is 19.9 Å². The van der Waals surface area contributed by atoms with E-state index in [-0.39, 0.29) is 0 Å². The van der Waals surface area contributed by atoms with Crippen LogP contribution in [0.5, 0.6) is 0 Å². The van der Waals surface area contributed by atoms with Crippen LogP contribution in [0, 0.1) is 0 Å². The Morgan fingerprint density at radius 2 is 1.60 bits per heavy atom. The zero-order chi connectivity index (χ0) is 7.45. The van der Waals surface area contributed by atoms with Crippen LogP contribution in [0.3, 0.4) is 0 Å². The number of hydrogen-bond donors (Lipinski definition) is 0. The Labute approximate surface area is 61.2 Å². The lowest BCUT2D eigenvalue weighted by atomic mass is 10.2. The highest BCUT2D eigenvalue weighted by molar-refractivity contribution is 7.52. The molecule has 1 aliphatic heterocycles. The molecule has 0 unspecified atom stereocenters. The Morgan fingerprint density at radius 3 is 2.10 bits per heavy atom. The highest BCUT2D eigenvalue weighted by atomic mass is 31.2. The van der Waals surface area contributed by atoms with Gasteiger partial charge in [-0.15, -0.1) is 0 Å². The molecule has 1 saturated heterocycles. The summed E-state index contributed by atoms with van der Waals surface area (Å²) >= 11 is 0. The van der Waals surface area contributed by atoms with Gasteiger partial charge < -0.3 is 9.05 Å². The van der Waals surface area contributed by atoms with Crippen LogP contribution in [0.15, 0.2) is 0 Å². The molecule has 0 amide bonds. The summed E-state index contributed by atoms with van der Waals surface area (Å²) in [5.74, 6) is 0. The third-order valence-electron chi connectivity index (χ3n) is 1.44. The quantitative estimate of drug-likeness (QED) is 0.514. The Bertz CT molecular complexity index is 134. The SMILES string of the molecule is CP1(=O)OCCCCCO1. The van der Waals surface area contributed by atoms with Gasteiger partial charge in [0, 0.05) is 6.66 Å². The van der Waals surface area contributed by atoms with E-state index in [4.69, 9.17) is 9.05 Å². The molecule has 60 valence electrons. The van der Waals surface area contributed by atoms with Crippen LogP contribution < -0.4 is 0 Å². The second-order valence-corrected chi connectivity index (χ2v) is 4.56. The molecule has 4 heteroatoms. The molecule has 10 heavy (non-hydrogen) atoms. The van der Waals surface area contributed by atoms with Gasteiger partial charge >= 0.3 is 7.60 Å². The Balaban J connectivity index is 2.38. The van der Waals surface area contributed by atoms with Crippen molar-refractivity contribution in [1.29, 1.82) is 0 Å². The standard InChI is InChI=1S/C6H13O3P/c1-10(7)8-5-3-2-4-6-9-10/h2-6H2,1H3. The van der Waals surface area contributed by atoms with Gasteiger partial charge in [-0.1, -0.05) is 0 Å². The molecule has 1 fully saturated rings. The highest BCUT2D eigenvalue weighted by Crippen LogP contribution is 2.44. The summed E-state index contributed by atoms with van der Waals surface area (Å²) in [6.07, 6.45) is 3.11. The fraction of sp³-hybridized carbons (Fsp3) is 1.00. The average Bonchev–Trinajstić information content (AvgIpc) is 1.81. The van der Waals surface area contributed by atoms with Crippen molar-refractivity contribution in [3.8, 4) is 0 Å². The maximum atomic E-state index is 11.2.